The number of hydrogen-bond donors (Lipinski definition) is 1. The molecule has 0 radical (unpaired) electrons. The molecule has 0 bridgehead atoms. The Labute approximate surface area is 99.5 Å². The summed E-state index contributed by atoms with van der Waals surface area (Å²) in [5.41, 5.74) is 8.35. The Kier molecular flexibility index (Phi) is 6.12. The maximum atomic E-state index is 5.54. The van der Waals surface area contributed by atoms with Crippen LogP contribution in [0.2, 0.25) is 0 Å². The van der Waals surface area contributed by atoms with Gasteiger partial charge in [0.25, 0.3) is 0 Å². The van der Waals surface area contributed by atoms with E-state index in [2.05, 4.69) is 43.0 Å². The SMILES string of the molecule is CCc1ccc(CN(CC)CCCN)cc1. The van der Waals surface area contributed by atoms with Crippen LogP contribution in [0, 0.1) is 0 Å². The standard InChI is InChI=1S/C14H24N2/c1-3-13-6-8-14(9-7-13)12-16(4-2)11-5-10-15/h6-9H,3-5,10-12,15H2,1-2H3. The molecule has 0 atom stereocenters. The van der Waals surface area contributed by atoms with Crippen molar-refractivity contribution in [3.63, 3.8) is 0 Å². The summed E-state index contributed by atoms with van der Waals surface area (Å²) < 4.78 is 0. The normalized spacial score (nSPS) is 11.0. The minimum atomic E-state index is 0.783. The van der Waals surface area contributed by atoms with Crippen molar-refractivity contribution in [2.24, 2.45) is 5.73 Å². The maximum absolute atomic E-state index is 5.54. The zero-order chi connectivity index (χ0) is 11.8. The zero-order valence-electron chi connectivity index (χ0n) is 10.6. The molecule has 0 fully saturated rings. The molecule has 2 nitrogen and oxygen atoms in total. The van der Waals surface area contributed by atoms with Crippen LogP contribution in [0.4, 0.5) is 0 Å². The molecule has 0 heterocycles. The number of aryl methyl sites for hydroxylation is 1. The fraction of sp³-hybridized carbons (Fsp3) is 0.571. The quantitative estimate of drug-likeness (QED) is 0.764. The average Bonchev–Trinajstić information content (AvgIpc) is 2.35. The molecule has 0 saturated carbocycles. The molecule has 0 unspecified atom stereocenters. The van der Waals surface area contributed by atoms with Crippen LogP contribution < -0.4 is 5.73 Å². The minimum Gasteiger partial charge on any atom is -0.330 e. The van der Waals surface area contributed by atoms with Crippen LogP contribution in [-0.2, 0) is 13.0 Å². The third-order valence-corrected chi connectivity index (χ3v) is 2.96. The highest BCUT2D eigenvalue weighted by atomic mass is 15.1. The predicted octanol–water partition coefficient (Wildman–Crippen LogP) is 2.42. The average molecular weight is 220 g/mol. The molecule has 1 aromatic rings. The van der Waals surface area contributed by atoms with Gasteiger partial charge in [0.1, 0.15) is 0 Å². The Morgan fingerprint density at radius 3 is 2.19 bits per heavy atom. The van der Waals surface area contributed by atoms with Crippen molar-refractivity contribution in [1.29, 1.82) is 0 Å². The summed E-state index contributed by atoms with van der Waals surface area (Å²) in [6.07, 6.45) is 2.20. The Bertz CT molecular complexity index is 279. The van der Waals surface area contributed by atoms with Gasteiger partial charge in [-0.25, -0.2) is 0 Å². The summed E-state index contributed by atoms with van der Waals surface area (Å²) in [5, 5.41) is 0. The van der Waals surface area contributed by atoms with E-state index in [1.165, 1.54) is 11.1 Å². The first kappa shape index (κ1) is 13.2. The van der Waals surface area contributed by atoms with Crippen LogP contribution in [0.15, 0.2) is 24.3 Å². The molecular weight excluding hydrogens is 196 g/mol. The van der Waals surface area contributed by atoms with Gasteiger partial charge in [-0.1, -0.05) is 38.1 Å². The van der Waals surface area contributed by atoms with E-state index in [9.17, 15) is 0 Å². The summed E-state index contributed by atoms with van der Waals surface area (Å²) in [7, 11) is 0. The molecule has 2 N–H and O–H groups in total. The third-order valence-electron chi connectivity index (χ3n) is 2.96. The van der Waals surface area contributed by atoms with E-state index in [4.69, 9.17) is 5.73 Å². The number of nitrogens with zero attached hydrogens (tertiary/aromatic N) is 1. The van der Waals surface area contributed by atoms with Gasteiger partial charge in [-0.3, -0.25) is 4.90 Å². The second-order valence-electron chi connectivity index (χ2n) is 4.18. The predicted molar refractivity (Wildman–Crippen MR) is 70.4 cm³/mol. The molecular formula is C14H24N2. The third kappa shape index (κ3) is 4.33. The largest absolute Gasteiger partial charge is 0.330 e. The first-order valence-corrected chi connectivity index (χ1v) is 6.30. The summed E-state index contributed by atoms with van der Waals surface area (Å²) in [5.74, 6) is 0. The zero-order valence-corrected chi connectivity index (χ0v) is 10.6. The Hall–Kier alpha value is -0.860. The maximum Gasteiger partial charge on any atom is 0.0233 e. The van der Waals surface area contributed by atoms with E-state index in [1.807, 2.05) is 0 Å². The molecule has 1 aromatic carbocycles. The summed E-state index contributed by atoms with van der Waals surface area (Å²) in [6, 6.07) is 8.94. The lowest BCUT2D eigenvalue weighted by molar-refractivity contribution is 0.278. The summed E-state index contributed by atoms with van der Waals surface area (Å²) in [4.78, 5) is 2.44. The van der Waals surface area contributed by atoms with E-state index in [1.54, 1.807) is 0 Å². The van der Waals surface area contributed by atoms with Crippen molar-refractivity contribution >= 4 is 0 Å². The Morgan fingerprint density at radius 2 is 1.69 bits per heavy atom. The number of hydrogen-bond acceptors (Lipinski definition) is 2. The van der Waals surface area contributed by atoms with Gasteiger partial charge >= 0.3 is 0 Å². The van der Waals surface area contributed by atoms with E-state index < -0.39 is 0 Å². The number of benzene rings is 1. The minimum absolute atomic E-state index is 0.783. The molecule has 16 heavy (non-hydrogen) atoms. The van der Waals surface area contributed by atoms with Crippen LogP contribution in [0.25, 0.3) is 0 Å². The monoisotopic (exact) mass is 220 g/mol. The van der Waals surface area contributed by atoms with Crippen LogP contribution in [0.3, 0.4) is 0 Å². The van der Waals surface area contributed by atoms with Gasteiger partial charge in [0, 0.05) is 6.54 Å². The lowest BCUT2D eigenvalue weighted by Gasteiger charge is -2.20. The fourth-order valence-electron chi connectivity index (χ4n) is 1.80. The highest BCUT2D eigenvalue weighted by molar-refractivity contribution is 5.22. The molecule has 0 saturated heterocycles. The van der Waals surface area contributed by atoms with Crippen molar-refractivity contribution < 1.29 is 0 Å². The van der Waals surface area contributed by atoms with Gasteiger partial charge in [-0.15, -0.1) is 0 Å². The van der Waals surface area contributed by atoms with Gasteiger partial charge in [0.05, 0.1) is 0 Å². The van der Waals surface area contributed by atoms with Crippen LogP contribution >= 0.6 is 0 Å². The summed E-state index contributed by atoms with van der Waals surface area (Å²) >= 11 is 0. The highest BCUT2D eigenvalue weighted by Crippen LogP contribution is 2.08. The van der Waals surface area contributed by atoms with Gasteiger partial charge < -0.3 is 5.73 Å². The van der Waals surface area contributed by atoms with Gasteiger partial charge in [0.2, 0.25) is 0 Å². The molecule has 90 valence electrons. The van der Waals surface area contributed by atoms with E-state index >= 15 is 0 Å². The van der Waals surface area contributed by atoms with E-state index in [0.717, 1.165) is 39.0 Å². The Morgan fingerprint density at radius 1 is 1.06 bits per heavy atom. The number of nitrogens with two attached hydrogens (primary N) is 1. The smallest absolute Gasteiger partial charge is 0.0233 e. The Balaban J connectivity index is 2.49. The fourth-order valence-corrected chi connectivity index (χ4v) is 1.80. The van der Waals surface area contributed by atoms with Crippen molar-refractivity contribution in [2.45, 2.75) is 33.2 Å². The van der Waals surface area contributed by atoms with Crippen molar-refractivity contribution in [1.82, 2.24) is 4.90 Å². The second kappa shape index (κ2) is 7.42. The summed E-state index contributed by atoms with van der Waals surface area (Å²) in [6.45, 7) is 8.41. The van der Waals surface area contributed by atoms with Crippen LogP contribution in [0.5, 0.6) is 0 Å². The first-order chi connectivity index (χ1) is 7.80. The topological polar surface area (TPSA) is 29.3 Å². The molecule has 0 spiro atoms. The van der Waals surface area contributed by atoms with Crippen LogP contribution in [-0.4, -0.2) is 24.5 Å². The highest BCUT2D eigenvalue weighted by Gasteiger charge is 2.02. The molecule has 2 heteroatoms. The lowest BCUT2D eigenvalue weighted by Crippen LogP contribution is -2.25. The molecule has 1 rings (SSSR count). The number of rotatable bonds is 7. The molecule has 0 aromatic heterocycles. The molecule has 0 amide bonds. The van der Waals surface area contributed by atoms with Crippen molar-refractivity contribution in [2.75, 3.05) is 19.6 Å². The lowest BCUT2D eigenvalue weighted by atomic mass is 10.1. The van der Waals surface area contributed by atoms with Gasteiger partial charge in [-0.05, 0) is 43.6 Å². The molecule has 0 aliphatic rings. The molecule has 0 aliphatic heterocycles. The van der Waals surface area contributed by atoms with Gasteiger partial charge in [-0.2, -0.15) is 0 Å². The van der Waals surface area contributed by atoms with Crippen molar-refractivity contribution in [3.8, 4) is 0 Å². The molecule has 0 aliphatic carbocycles. The van der Waals surface area contributed by atoms with E-state index in [-0.39, 0.29) is 0 Å². The first-order valence-electron chi connectivity index (χ1n) is 6.30. The van der Waals surface area contributed by atoms with E-state index in [0.29, 0.717) is 0 Å². The van der Waals surface area contributed by atoms with Crippen LogP contribution in [0.1, 0.15) is 31.4 Å². The van der Waals surface area contributed by atoms with Crippen molar-refractivity contribution in [3.05, 3.63) is 35.4 Å². The second-order valence-corrected chi connectivity index (χ2v) is 4.18. The van der Waals surface area contributed by atoms with Gasteiger partial charge in [0.15, 0.2) is 0 Å².